The number of piperidine rings is 1. The van der Waals surface area contributed by atoms with Gasteiger partial charge in [0.15, 0.2) is 0 Å². The smallest absolute Gasteiger partial charge is 0.273 e. The summed E-state index contributed by atoms with van der Waals surface area (Å²) >= 11 is 0. The molecule has 2 atom stereocenters. The average Bonchev–Trinajstić information content (AvgIpc) is 3.20. The molecule has 0 radical (unpaired) electrons. The number of amides is 2. The van der Waals surface area contributed by atoms with Crippen LogP contribution in [-0.4, -0.2) is 53.9 Å². The topological polar surface area (TPSA) is 105 Å². The first-order chi connectivity index (χ1) is 12.9. The minimum absolute atomic E-state index is 0. The number of hydrogen-bond acceptors (Lipinski definition) is 5. The first-order valence-corrected chi connectivity index (χ1v) is 9.19. The Labute approximate surface area is 168 Å². The van der Waals surface area contributed by atoms with Crippen molar-refractivity contribution in [2.45, 2.75) is 31.7 Å². The van der Waals surface area contributed by atoms with Crippen molar-refractivity contribution < 1.29 is 18.9 Å². The lowest BCUT2D eigenvalue weighted by molar-refractivity contribution is -0.385. The summed E-state index contributed by atoms with van der Waals surface area (Å²) in [5, 5.41) is 17.0. The quantitative estimate of drug-likeness (QED) is 0.565. The Morgan fingerprint density at radius 2 is 2.07 bits per heavy atom. The summed E-state index contributed by atoms with van der Waals surface area (Å²) in [6.07, 6.45) is 3.47. The van der Waals surface area contributed by atoms with E-state index in [4.69, 9.17) is 0 Å². The van der Waals surface area contributed by atoms with Gasteiger partial charge in [0.05, 0.1) is 17.0 Å². The Morgan fingerprint density at radius 3 is 2.75 bits per heavy atom. The summed E-state index contributed by atoms with van der Waals surface area (Å²) in [5.74, 6) is -1.14. The predicted octanol–water partition coefficient (Wildman–Crippen LogP) is 1.88. The normalized spacial score (nSPS) is 21.7. The molecule has 2 fully saturated rings. The molecule has 3 rings (SSSR count). The fraction of sp³-hybridized carbons (Fsp3) is 0.556. The van der Waals surface area contributed by atoms with Gasteiger partial charge in [-0.25, -0.2) is 4.39 Å². The first kappa shape index (κ1) is 22.0. The van der Waals surface area contributed by atoms with Gasteiger partial charge in [0.2, 0.25) is 5.91 Å². The van der Waals surface area contributed by atoms with E-state index in [0.717, 1.165) is 50.4 Å². The molecule has 2 N–H and O–H groups in total. The summed E-state index contributed by atoms with van der Waals surface area (Å²) in [5.41, 5.74) is -0.468. The monoisotopic (exact) mass is 414 g/mol. The Kier molecular flexibility index (Phi) is 7.70. The molecular formula is C18H24ClFN4O4. The largest absolute Gasteiger partial charge is 0.354 e. The molecule has 0 bridgehead atoms. The Bertz CT molecular complexity index is 742. The molecule has 0 spiro atoms. The van der Waals surface area contributed by atoms with Gasteiger partial charge in [-0.1, -0.05) is 0 Å². The van der Waals surface area contributed by atoms with Crippen LogP contribution in [0, 0.1) is 21.8 Å². The van der Waals surface area contributed by atoms with E-state index in [-0.39, 0.29) is 35.8 Å². The van der Waals surface area contributed by atoms with Crippen LogP contribution in [0.4, 0.5) is 10.1 Å². The van der Waals surface area contributed by atoms with E-state index in [1.165, 1.54) is 0 Å². The maximum atomic E-state index is 13.6. The van der Waals surface area contributed by atoms with Crippen molar-refractivity contribution in [3.05, 3.63) is 39.7 Å². The fourth-order valence-corrected chi connectivity index (χ4v) is 3.68. The highest BCUT2D eigenvalue weighted by atomic mass is 35.5. The number of nitrogens with one attached hydrogen (secondary N) is 2. The molecule has 0 aliphatic carbocycles. The zero-order valence-corrected chi connectivity index (χ0v) is 16.2. The standard InChI is InChI=1S/C18H23FN4O4.ClH/c19-14-7-13(8-15(9-14)23(26)27)18(25)22-6-2-3-12(11-22)10-21-17(24)16-4-1-5-20-16;/h7-9,12,16,20H,1-6,10-11H2,(H,21,24);1H. The van der Waals surface area contributed by atoms with Crippen LogP contribution in [0.1, 0.15) is 36.0 Å². The molecule has 154 valence electrons. The number of carbonyl (C=O) groups is 2. The highest BCUT2D eigenvalue weighted by Crippen LogP contribution is 2.22. The van der Waals surface area contributed by atoms with Crippen LogP contribution in [-0.2, 0) is 4.79 Å². The minimum atomic E-state index is -0.808. The third-order valence-corrected chi connectivity index (χ3v) is 5.09. The second-order valence-corrected chi connectivity index (χ2v) is 7.11. The maximum Gasteiger partial charge on any atom is 0.273 e. The molecule has 2 amide bonds. The molecule has 1 aromatic carbocycles. The van der Waals surface area contributed by atoms with Gasteiger partial charge in [0.25, 0.3) is 11.6 Å². The molecule has 0 saturated carbocycles. The molecule has 8 nitrogen and oxygen atoms in total. The van der Waals surface area contributed by atoms with Crippen molar-refractivity contribution in [3.8, 4) is 0 Å². The van der Waals surface area contributed by atoms with Crippen LogP contribution in [0.2, 0.25) is 0 Å². The van der Waals surface area contributed by atoms with Crippen molar-refractivity contribution in [1.29, 1.82) is 0 Å². The number of nitro benzene ring substituents is 1. The van der Waals surface area contributed by atoms with E-state index in [9.17, 15) is 24.1 Å². The number of rotatable bonds is 5. The second kappa shape index (κ2) is 9.79. The third-order valence-electron chi connectivity index (χ3n) is 5.09. The number of nitro groups is 1. The summed E-state index contributed by atoms with van der Waals surface area (Å²) in [6.45, 7) is 2.27. The van der Waals surface area contributed by atoms with Gasteiger partial charge in [-0.2, -0.15) is 0 Å². The number of halogens is 2. The number of hydrogen-bond donors (Lipinski definition) is 2. The second-order valence-electron chi connectivity index (χ2n) is 7.11. The van der Waals surface area contributed by atoms with E-state index in [1.807, 2.05) is 0 Å². The van der Waals surface area contributed by atoms with Crippen LogP contribution in [0.3, 0.4) is 0 Å². The van der Waals surface area contributed by atoms with Crippen LogP contribution in [0.15, 0.2) is 18.2 Å². The average molecular weight is 415 g/mol. The van der Waals surface area contributed by atoms with Crippen molar-refractivity contribution in [2.75, 3.05) is 26.2 Å². The molecule has 1 aromatic rings. The first-order valence-electron chi connectivity index (χ1n) is 9.19. The van der Waals surface area contributed by atoms with Crippen LogP contribution < -0.4 is 10.6 Å². The molecule has 28 heavy (non-hydrogen) atoms. The number of carbonyl (C=O) groups excluding carboxylic acids is 2. The predicted molar refractivity (Wildman–Crippen MR) is 103 cm³/mol. The Balaban J connectivity index is 0.00000280. The Hall–Kier alpha value is -2.26. The lowest BCUT2D eigenvalue weighted by Crippen LogP contribution is -2.46. The lowest BCUT2D eigenvalue weighted by Gasteiger charge is -2.33. The van der Waals surface area contributed by atoms with Gasteiger partial charge in [-0.05, 0) is 44.2 Å². The van der Waals surface area contributed by atoms with E-state index in [1.54, 1.807) is 4.90 Å². The van der Waals surface area contributed by atoms with E-state index in [2.05, 4.69) is 10.6 Å². The van der Waals surface area contributed by atoms with Crippen LogP contribution in [0.25, 0.3) is 0 Å². The van der Waals surface area contributed by atoms with Gasteiger partial charge in [0.1, 0.15) is 5.82 Å². The van der Waals surface area contributed by atoms with E-state index in [0.29, 0.717) is 19.6 Å². The summed E-state index contributed by atoms with van der Waals surface area (Å²) in [6, 6.07) is 2.77. The number of benzene rings is 1. The maximum absolute atomic E-state index is 13.6. The van der Waals surface area contributed by atoms with E-state index >= 15 is 0 Å². The minimum Gasteiger partial charge on any atom is -0.354 e. The number of nitrogens with zero attached hydrogens (tertiary/aromatic N) is 2. The van der Waals surface area contributed by atoms with Gasteiger partial charge < -0.3 is 15.5 Å². The van der Waals surface area contributed by atoms with Crippen molar-refractivity contribution in [1.82, 2.24) is 15.5 Å². The van der Waals surface area contributed by atoms with Gasteiger partial charge >= 0.3 is 0 Å². The molecule has 10 heteroatoms. The van der Waals surface area contributed by atoms with Crippen LogP contribution >= 0.6 is 12.4 Å². The highest BCUT2D eigenvalue weighted by Gasteiger charge is 2.27. The lowest BCUT2D eigenvalue weighted by atomic mass is 9.97. The molecule has 2 heterocycles. The molecule has 2 aliphatic heterocycles. The SMILES string of the molecule is Cl.O=C(NCC1CCCN(C(=O)c2cc(F)cc([N+](=O)[O-])c2)C1)C1CCCN1. The van der Waals surface area contributed by atoms with Crippen molar-refractivity contribution in [2.24, 2.45) is 5.92 Å². The molecule has 2 saturated heterocycles. The third kappa shape index (κ3) is 5.39. The molecule has 2 aliphatic rings. The van der Waals surface area contributed by atoms with Crippen molar-refractivity contribution in [3.63, 3.8) is 0 Å². The zero-order chi connectivity index (χ0) is 19.4. The molecule has 0 aromatic heterocycles. The van der Waals surface area contributed by atoms with Gasteiger partial charge in [-0.15, -0.1) is 12.4 Å². The summed E-state index contributed by atoms with van der Waals surface area (Å²) in [7, 11) is 0. The van der Waals surface area contributed by atoms with Crippen LogP contribution in [0.5, 0.6) is 0 Å². The molecule has 2 unspecified atom stereocenters. The number of non-ortho nitro benzene ring substituents is 1. The van der Waals surface area contributed by atoms with Gasteiger partial charge in [0, 0.05) is 31.3 Å². The fourth-order valence-electron chi connectivity index (χ4n) is 3.68. The summed E-state index contributed by atoms with van der Waals surface area (Å²) in [4.78, 5) is 36.5. The highest BCUT2D eigenvalue weighted by molar-refractivity contribution is 5.95. The Morgan fingerprint density at radius 1 is 1.29 bits per heavy atom. The molecular weight excluding hydrogens is 391 g/mol. The number of likely N-dealkylation sites (tertiary alicyclic amines) is 1. The summed E-state index contributed by atoms with van der Waals surface area (Å²) < 4.78 is 13.6. The van der Waals surface area contributed by atoms with Crippen molar-refractivity contribution >= 4 is 29.9 Å². The van der Waals surface area contributed by atoms with Gasteiger partial charge in [-0.3, -0.25) is 19.7 Å². The zero-order valence-electron chi connectivity index (χ0n) is 15.4. The van der Waals surface area contributed by atoms with E-state index < -0.39 is 22.3 Å².